The summed E-state index contributed by atoms with van der Waals surface area (Å²) < 4.78 is 55.3. The summed E-state index contributed by atoms with van der Waals surface area (Å²) in [6.45, 7) is 0. The SMILES string of the molecule is Cn1cc(-c2cnc3c(-c4cc(CS(C)(=O)=O)cc(-c5ccc(F)cc5F)c4)cnn3c2)cn1. The molecule has 0 N–H and O–H groups in total. The number of benzene rings is 2. The van der Waals surface area contributed by atoms with E-state index in [1.807, 2.05) is 19.4 Å². The fraction of sp³-hybridized carbons (Fsp3) is 0.125. The number of fused-ring (bicyclic) bond motifs is 1. The van der Waals surface area contributed by atoms with Crippen LogP contribution in [0.2, 0.25) is 0 Å². The van der Waals surface area contributed by atoms with Gasteiger partial charge in [0.2, 0.25) is 0 Å². The van der Waals surface area contributed by atoms with Crippen LogP contribution in [0.3, 0.4) is 0 Å². The summed E-state index contributed by atoms with van der Waals surface area (Å²) in [6.07, 6.45) is 9.88. The van der Waals surface area contributed by atoms with Gasteiger partial charge >= 0.3 is 0 Å². The van der Waals surface area contributed by atoms with Gasteiger partial charge in [0, 0.05) is 60.2 Å². The summed E-state index contributed by atoms with van der Waals surface area (Å²) in [5.41, 5.74) is 4.61. The summed E-state index contributed by atoms with van der Waals surface area (Å²) in [7, 11) is -1.53. The fourth-order valence-electron chi connectivity index (χ4n) is 3.91. The standard InChI is InChI=1S/C24H19F2N5O2S/c1-30-12-19(10-28-30)18-9-27-24-22(11-29-31(24)13-18)17-6-15(14-34(2,32)33)5-16(7-17)21-4-3-20(25)8-23(21)26/h3-13H,14H2,1-2H3. The normalized spacial score (nSPS) is 11.9. The van der Waals surface area contributed by atoms with Crippen LogP contribution in [0, 0.1) is 11.6 Å². The number of aryl methyl sites for hydroxylation is 1. The molecule has 3 aromatic heterocycles. The molecule has 0 radical (unpaired) electrons. The minimum absolute atomic E-state index is 0.168. The monoisotopic (exact) mass is 479 g/mol. The molecule has 0 aliphatic rings. The summed E-state index contributed by atoms with van der Waals surface area (Å²) in [6, 6.07) is 8.34. The van der Waals surface area contributed by atoms with Crippen LogP contribution in [0.5, 0.6) is 0 Å². The maximum Gasteiger partial charge on any atom is 0.162 e. The van der Waals surface area contributed by atoms with Crippen LogP contribution < -0.4 is 0 Å². The van der Waals surface area contributed by atoms with Crippen molar-refractivity contribution in [2.45, 2.75) is 5.75 Å². The summed E-state index contributed by atoms with van der Waals surface area (Å²) in [5.74, 6) is -1.65. The van der Waals surface area contributed by atoms with Gasteiger partial charge in [-0.25, -0.2) is 26.7 Å². The second-order valence-corrected chi connectivity index (χ2v) is 10.3. The molecule has 0 aliphatic heterocycles. The Morgan fingerprint density at radius 3 is 2.26 bits per heavy atom. The summed E-state index contributed by atoms with van der Waals surface area (Å²) >= 11 is 0. The summed E-state index contributed by atoms with van der Waals surface area (Å²) in [5, 5.41) is 8.58. The van der Waals surface area contributed by atoms with E-state index < -0.39 is 21.5 Å². The molecule has 34 heavy (non-hydrogen) atoms. The first-order valence-electron chi connectivity index (χ1n) is 10.3. The van der Waals surface area contributed by atoms with Crippen molar-refractivity contribution in [3.05, 3.63) is 84.6 Å². The first-order chi connectivity index (χ1) is 16.2. The number of hydrogen-bond donors (Lipinski definition) is 0. The van der Waals surface area contributed by atoms with Crippen LogP contribution in [0.1, 0.15) is 5.56 Å². The van der Waals surface area contributed by atoms with E-state index in [-0.39, 0.29) is 11.3 Å². The maximum absolute atomic E-state index is 14.5. The predicted octanol–water partition coefficient (Wildman–Crippen LogP) is 4.29. The van der Waals surface area contributed by atoms with Crippen molar-refractivity contribution in [3.8, 4) is 33.4 Å². The Morgan fingerprint density at radius 2 is 1.59 bits per heavy atom. The molecule has 5 aromatic rings. The summed E-state index contributed by atoms with van der Waals surface area (Å²) in [4.78, 5) is 4.56. The molecule has 0 saturated carbocycles. The Labute approximate surface area is 194 Å². The highest BCUT2D eigenvalue weighted by molar-refractivity contribution is 7.89. The zero-order valence-electron chi connectivity index (χ0n) is 18.3. The molecule has 0 atom stereocenters. The van der Waals surface area contributed by atoms with Crippen molar-refractivity contribution < 1.29 is 17.2 Å². The zero-order valence-corrected chi connectivity index (χ0v) is 19.1. The highest BCUT2D eigenvalue weighted by Crippen LogP contribution is 2.32. The first-order valence-corrected chi connectivity index (χ1v) is 12.3. The molecule has 0 amide bonds. The highest BCUT2D eigenvalue weighted by Gasteiger charge is 2.16. The number of rotatable bonds is 5. The van der Waals surface area contributed by atoms with Crippen LogP contribution in [0.25, 0.3) is 39.0 Å². The van der Waals surface area contributed by atoms with E-state index in [4.69, 9.17) is 0 Å². The molecule has 0 spiro atoms. The third kappa shape index (κ3) is 4.32. The highest BCUT2D eigenvalue weighted by atomic mass is 32.2. The van der Waals surface area contributed by atoms with Crippen molar-refractivity contribution in [2.75, 3.05) is 6.26 Å². The molecule has 5 rings (SSSR count). The fourth-order valence-corrected chi connectivity index (χ4v) is 4.68. The van der Waals surface area contributed by atoms with Crippen LogP contribution >= 0.6 is 0 Å². The van der Waals surface area contributed by atoms with Crippen LogP contribution in [-0.4, -0.2) is 39.1 Å². The van der Waals surface area contributed by atoms with Crippen molar-refractivity contribution in [3.63, 3.8) is 0 Å². The smallest absolute Gasteiger partial charge is 0.162 e. The third-order valence-electron chi connectivity index (χ3n) is 5.37. The lowest BCUT2D eigenvalue weighted by molar-refractivity contribution is 0.585. The zero-order chi connectivity index (χ0) is 24.0. The van der Waals surface area contributed by atoms with Gasteiger partial charge in [0.1, 0.15) is 11.6 Å². The molecule has 0 unspecified atom stereocenters. The molecule has 0 aliphatic carbocycles. The molecule has 172 valence electrons. The molecule has 0 bridgehead atoms. The minimum atomic E-state index is -3.35. The van der Waals surface area contributed by atoms with Gasteiger partial charge in [0.05, 0.1) is 18.1 Å². The van der Waals surface area contributed by atoms with Gasteiger partial charge in [-0.2, -0.15) is 10.2 Å². The first kappa shape index (κ1) is 21.9. The second kappa shape index (κ2) is 8.14. The third-order valence-corrected chi connectivity index (χ3v) is 6.23. The van der Waals surface area contributed by atoms with Gasteiger partial charge in [-0.15, -0.1) is 0 Å². The lowest BCUT2D eigenvalue weighted by Crippen LogP contribution is -2.01. The molecule has 0 saturated heterocycles. The number of hydrogen-bond acceptors (Lipinski definition) is 5. The van der Waals surface area contributed by atoms with Crippen LogP contribution in [0.15, 0.2) is 67.4 Å². The van der Waals surface area contributed by atoms with Gasteiger partial charge in [-0.1, -0.05) is 0 Å². The van der Waals surface area contributed by atoms with Gasteiger partial charge in [-0.3, -0.25) is 4.68 Å². The molecule has 10 heteroatoms. The quantitative estimate of drug-likeness (QED) is 0.376. The van der Waals surface area contributed by atoms with Crippen LogP contribution in [0.4, 0.5) is 8.78 Å². The van der Waals surface area contributed by atoms with E-state index in [2.05, 4.69) is 15.2 Å². The van der Waals surface area contributed by atoms with Gasteiger partial charge < -0.3 is 0 Å². The van der Waals surface area contributed by atoms with E-state index in [9.17, 15) is 17.2 Å². The Hall–Kier alpha value is -3.92. The average Bonchev–Trinajstić information content (AvgIpc) is 3.38. The molecule has 0 fully saturated rings. The molecule has 7 nitrogen and oxygen atoms in total. The Bertz CT molecular complexity index is 1660. The molecular weight excluding hydrogens is 460 g/mol. The van der Waals surface area contributed by atoms with Crippen molar-refractivity contribution >= 4 is 15.5 Å². The largest absolute Gasteiger partial charge is 0.275 e. The molecule has 2 aromatic carbocycles. The molecule has 3 heterocycles. The van der Waals surface area contributed by atoms with E-state index in [0.29, 0.717) is 27.9 Å². The lowest BCUT2D eigenvalue weighted by Gasteiger charge is -2.10. The van der Waals surface area contributed by atoms with E-state index in [1.165, 1.54) is 6.07 Å². The van der Waals surface area contributed by atoms with E-state index in [1.54, 1.807) is 46.0 Å². The maximum atomic E-state index is 14.5. The van der Waals surface area contributed by atoms with Gasteiger partial charge in [0.25, 0.3) is 0 Å². The Balaban J connectivity index is 1.65. The van der Waals surface area contributed by atoms with Gasteiger partial charge in [-0.05, 0) is 47.0 Å². The number of sulfone groups is 1. The van der Waals surface area contributed by atoms with Crippen molar-refractivity contribution in [1.82, 2.24) is 24.4 Å². The number of halogens is 2. The van der Waals surface area contributed by atoms with Crippen molar-refractivity contribution in [2.24, 2.45) is 7.05 Å². The predicted molar refractivity (Wildman–Crippen MR) is 125 cm³/mol. The van der Waals surface area contributed by atoms with E-state index >= 15 is 0 Å². The molecular formula is C24H19F2N5O2S. The number of nitrogens with zero attached hydrogens (tertiary/aromatic N) is 5. The Morgan fingerprint density at radius 1 is 0.853 bits per heavy atom. The average molecular weight is 480 g/mol. The lowest BCUT2D eigenvalue weighted by atomic mass is 9.97. The minimum Gasteiger partial charge on any atom is -0.275 e. The topological polar surface area (TPSA) is 82.1 Å². The van der Waals surface area contributed by atoms with E-state index in [0.717, 1.165) is 29.5 Å². The number of aromatic nitrogens is 5. The van der Waals surface area contributed by atoms with Crippen molar-refractivity contribution in [1.29, 1.82) is 0 Å². The Kier molecular flexibility index (Phi) is 5.24. The van der Waals surface area contributed by atoms with Crippen LogP contribution in [-0.2, 0) is 22.6 Å². The van der Waals surface area contributed by atoms with Gasteiger partial charge in [0.15, 0.2) is 15.5 Å². The second-order valence-electron chi connectivity index (χ2n) is 8.18.